The van der Waals surface area contributed by atoms with Gasteiger partial charge in [-0.15, -0.1) is 0 Å². The fraction of sp³-hybridized carbons (Fsp3) is 0.621. The van der Waals surface area contributed by atoms with Crippen molar-refractivity contribution in [2.75, 3.05) is 6.61 Å². The van der Waals surface area contributed by atoms with Gasteiger partial charge in [0.2, 0.25) is 0 Å². The van der Waals surface area contributed by atoms with Crippen molar-refractivity contribution in [2.24, 2.45) is 11.8 Å². The molecule has 1 aromatic heterocycles. The summed E-state index contributed by atoms with van der Waals surface area (Å²) in [6.07, 6.45) is 18.7. The lowest BCUT2D eigenvalue weighted by molar-refractivity contribution is 0.236. The summed E-state index contributed by atoms with van der Waals surface area (Å²) in [4.78, 5) is 4.53. The fourth-order valence-electron chi connectivity index (χ4n) is 5.28. The molecule has 0 radical (unpaired) electrons. The lowest BCUT2D eigenvalue weighted by Crippen LogP contribution is -2.19. The summed E-state index contributed by atoms with van der Waals surface area (Å²) in [7, 11) is 0. The van der Waals surface area contributed by atoms with Gasteiger partial charge in [0.05, 0.1) is 6.61 Å². The van der Waals surface area contributed by atoms with Gasteiger partial charge in [-0.1, -0.05) is 90.3 Å². The van der Waals surface area contributed by atoms with E-state index in [1.807, 2.05) is 6.20 Å². The van der Waals surface area contributed by atoms with Gasteiger partial charge < -0.3 is 4.74 Å². The summed E-state index contributed by atoms with van der Waals surface area (Å²) in [6.45, 7) is 7.76. The van der Waals surface area contributed by atoms with Crippen molar-refractivity contribution in [3.05, 3.63) is 48.3 Å². The van der Waals surface area contributed by atoms with Crippen LogP contribution in [0.15, 0.2) is 42.7 Å². The van der Waals surface area contributed by atoms with Crippen LogP contribution in [0.4, 0.5) is 0 Å². The van der Waals surface area contributed by atoms with E-state index in [-0.39, 0.29) is 0 Å². The molecule has 1 aliphatic carbocycles. The van der Waals surface area contributed by atoms with Crippen LogP contribution in [0.5, 0.6) is 5.75 Å². The highest BCUT2D eigenvalue weighted by Crippen LogP contribution is 2.43. The van der Waals surface area contributed by atoms with E-state index in [2.05, 4.69) is 62.3 Å². The van der Waals surface area contributed by atoms with Crippen LogP contribution in [0.2, 0.25) is 0 Å². The highest BCUT2D eigenvalue weighted by molar-refractivity contribution is 5.73. The standard InChI is InChI=1S/C29H43NO/c1-4-6-8-12-24-15-17-25(18-16-24)23(3)28-22-30-20-19-26(28)27-13-9-10-14-29(27)31-21-11-7-5-2/h9-10,13-14,19-20,22-25H,4-8,11-12,15-18,21H2,1-3H3. The first kappa shape index (κ1) is 23.8. The zero-order chi connectivity index (χ0) is 21.9. The summed E-state index contributed by atoms with van der Waals surface area (Å²) in [6, 6.07) is 10.7. The second kappa shape index (κ2) is 12.9. The molecule has 31 heavy (non-hydrogen) atoms. The summed E-state index contributed by atoms with van der Waals surface area (Å²) in [5.74, 6) is 3.27. The second-order valence-electron chi connectivity index (χ2n) is 9.58. The molecule has 1 saturated carbocycles. The molecule has 0 N–H and O–H groups in total. The Bertz CT molecular complexity index is 763. The van der Waals surface area contributed by atoms with Crippen molar-refractivity contribution < 1.29 is 4.74 Å². The molecule has 1 fully saturated rings. The topological polar surface area (TPSA) is 22.1 Å². The summed E-state index contributed by atoms with van der Waals surface area (Å²) in [5, 5.41) is 0. The van der Waals surface area contributed by atoms with Gasteiger partial charge in [-0.25, -0.2) is 0 Å². The molecule has 0 bridgehead atoms. The third kappa shape index (κ3) is 6.82. The lowest BCUT2D eigenvalue weighted by atomic mass is 9.72. The van der Waals surface area contributed by atoms with Gasteiger partial charge in [-0.05, 0) is 60.3 Å². The Morgan fingerprint density at radius 2 is 1.65 bits per heavy atom. The number of para-hydroxylation sites is 1. The Labute approximate surface area is 190 Å². The molecule has 1 unspecified atom stereocenters. The molecule has 2 nitrogen and oxygen atoms in total. The summed E-state index contributed by atoms with van der Waals surface area (Å²) in [5.41, 5.74) is 3.91. The van der Waals surface area contributed by atoms with Crippen molar-refractivity contribution in [3.8, 4) is 16.9 Å². The first-order valence-corrected chi connectivity index (χ1v) is 12.9. The van der Waals surface area contributed by atoms with Crippen LogP contribution >= 0.6 is 0 Å². The molecule has 1 heterocycles. The normalized spacial score (nSPS) is 19.8. The molecule has 0 amide bonds. The minimum Gasteiger partial charge on any atom is -0.493 e. The number of aromatic nitrogens is 1. The Kier molecular flexibility index (Phi) is 9.90. The van der Waals surface area contributed by atoms with Gasteiger partial charge in [0.15, 0.2) is 0 Å². The van der Waals surface area contributed by atoms with Crippen molar-refractivity contribution in [3.63, 3.8) is 0 Å². The summed E-state index contributed by atoms with van der Waals surface area (Å²) < 4.78 is 6.21. The molecular weight excluding hydrogens is 378 g/mol. The largest absolute Gasteiger partial charge is 0.493 e. The van der Waals surface area contributed by atoms with E-state index in [0.29, 0.717) is 5.92 Å². The fourth-order valence-corrected chi connectivity index (χ4v) is 5.28. The quantitative estimate of drug-likeness (QED) is 0.319. The summed E-state index contributed by atoms with van der Waals surface area (Å²) >= 11 is 0. The first-order valence-electron chi connectivity index (χ1n) is 12.9. The molecular formula is C29H43NO. The molecule has 0 aliphatic heterocycles. The van der Waals surface area contributed by atoms with Crippen LogP contribution in [0, 0.1) is 11.8 Å². The van der Waals surface area contributed by atoms with Gasteiger partial charge >= 0.3 is 0 Å². The maximum absolute atomic E-state index is 6.21. The number of unbranched alkanes of at least 4 members (excludes halogenated alkanes) is 4. The molecule has 2 heteroatoms. The first-order chi connectivity index (χ1) is 15.2. The smallest absolute Gasteiger partial charge is 0.127 e. The number of nitrogens with zero attached hydrogens (tertiary/aromatic N) is 1. The van der Waals surface area contributed by atoms with E-state index in [4.69, 9.17) is 4.74 Å². The van der Waals surface area contributed by atoms with Crippen molar-refractivity contribution in [2.45, 2.75) is 97.3 Å². The van der Waals surface area contributed by atoms with Gasteiger partial charge in [0.1, 0.15) is 5.75 Å². The number of ether oxygens (including phenoxy) is 1. The van der Waals surface area contributed by atoms with Gasteiger partial charge in [0.25, 0.3) is 0 Å². The van der Waals surface area contributed by atoms with Crippen LogP contribution in [0.3, 0.4) is 0 Å². The minimum absolute atomic E-state index is 0.536. The van der Waals surface area contributed by atoms with Crippen LogP contribution < -0.4 is 4.74 Å². The maximum Gasteiger partial charge on any atom is 0.127 e. The highest BCUT2D eigenvalue weighted by atomic mass is 16.5. The maximum atomic E-state index is 6.21. The number of hydrogen-bond acceptors (Lipinski definition) is 2. The zero-order valence-corrected chi connectivity index (χ0v) is 20.1. The minimum atomic E-state index is 0.536. The van der Waals surface area contributed by atoms with Crippen LogP contribution in [-0.2, 0) is 0 Å². The third-order valence-electron chi connectivity index (χ3n) is 7.34. The van der Waals surface area contributed by atoms with Crippen molar-refractivity contribution in [1.29, 1.82) is 0 Å². The number of hydrogen-bond donors (Lipinski definition) is 0. The second-order valence-corrected chi connectivity index (χ2v) is 9.58. The van der Waals surface area contributed by atoms with Crippen LogP contribution in [0.1, 0.15) is 103 Å². The Morgan fingerprint density at radius 3 is 2.42 bits per heavy atom. The molecule has 1 aromatic carbocycles. The molecule has 170 valence electrons. The molecule has 1 aliphatic rings. The molecule has 0 spiro atoms. The Balaban J connectivity index is 1.70. The monoisotopic (exact) mass is 421 g/mol. The predicted molar refractivity (Wildman–Crippen MR) is 133 cm³/mol. The SMILES string of the molecule is CCCCCOc1ccccc1-c1ccncc1C(C)C1CCC(CCCCC)CC1. The van der Waals surface area contributed by atoms with E-state index in [9.17, 15) is 0 Å². The number of pyridine rings is 1. The average Bonchev–Trinajstić information content (AvgIpc) is 2.82. The lowest BCUT2D eigenvalue weighted by Gasteiger charge is -2.33. The third-order valence-corrected chi connectivity index (χ3v) is 7.34. The highest BCUT2D eigenvalue weighted by Gasteiger charge is 2.27. The van der Waals surface area contributed by atoms with Crippen molar-refractivity contribution in [1.82, 2.24) is 4.98 Å². The number of rotatable bonds is 12. The average molecular weight is 422 g/mol. The van der Waals surface area contributed by atoms with E-state index in [0.717, 1.165) is 30.6 Å². The van der Waals surface area contributed by atoms with Crippen LogP contribution in [-0.4, -0.2) is 11.6 Å². The van der Waals surface area contributed by atoms with Gasteiger partial charge in [0, 0.05) is 18.0 Å². The molecule has 0 saturated heterocycles. The Morgan fingerprint density at radius 1 is 0.903 bits per heavy atom. The Hall–Kier alpha value is -1.83. The van der Waals surface area contributed by atoms with E-state index >= 15 is 0 Å². The predicted octanol–water partition coefficient (Wildman–Crippen LogP) is 8.81. The molecule has 3 rings (SSSR count). The molecule has 2 aromatic rings. The van der Waals surface area contributed by atoms with Gasteiger partial charge in [-0.3, -0.25) is 4.98 Å². The van der Waals surface area contributed by atoms with Crippen molar-refractivity contribution >= 4 is 0 Å². The zero-order valence-electron chi connectivity index (χ0n) is 20.1. The van der Waals surface area contributed by atoms with Gasteiger partial charge in [-0.2, -0.15) is 0 Å². The van der Waals surface area contributed by atoms with Crippen LogP contribution in [0.25, 0.3) is 11.1 Å². The number of benzene rings is 1. The van der Waals surface area contributed by atoms with E-state index < -0.39 is 0 Å². The molecule has 1 atom stereocenters. The van der Waals surface area contributed by atoms with E-state index in [1.54, 1.807) is 0 Å². The van der Waals surface area contributed by atoms with E-state index in [1.165, 1.54) is 80.9 Å².